The summed E-state index contributed by atoms with van der Waals surface area (Å²) in [7, 11) is 0. The van der Waals surface area contributed by atoms with Crippen LogP contribution >= 0.6 is 0 Å². The number of hydrazone groups is 1. The third-order valence-electron chi connectivity index (χ3n) is 5.11. The standard InChI is InChI=1S/C16H19N3O3/c1-16-9-3-2-4-13(16)14(16)15(20)18-17-10-11-5-7-12(8-6-11)19(21)22/h5-8,10,13-14H,2-4,9H2,1H3,(H,18,20)/b17-10-/t13-,14-,16-/m1/s1. The van der Waals surface area contributed by atoms with Gasteiger partial charge < -0.3 is 0 Å². The van der Waals surface area contributed by atoms with Gasteiger partial charge in [-0.15, -0.1) is 0 Å². The van der Waals surface area contributed by atoms with Crippen LogP contribution in [0.1, 0.15) is 38.2 Å². The average Bonchev–Trinajstić information content (AvgIpc) is 3.13. The van der Waals surface area contributed by atoms with E-state index in [0.29, 0.717) is 11.5 Å². The quantitative estimate of drug-likeness (QED) is 0.527. The third-order valence-corrected chi connectivity index (χ3v) is 5.11. The van der Waals surface area contributed by atoms with Crippen LogP contribution in [0.5, 0.6) is 0 Å². The summed E-state index contributed by atoms with van der Waals surface area (Å²) in [6.45, 7) is 2.20. The van der Waals surface area contributed by atoms with Crippen LogP contribution in [0.3, 0.4) is 0 Å². The molecule has 2 aliphatic carbocycles. The summed E-state index contributed by atoms with van der Waals surface area (Å²) >= 11 is 0. The van der Waals surface area contributed by atoms with Gasteiger partial charge in [0.05, 0.1) is 11.1 Å². The van der Waals surface area contributed by atoms with Crippen molar-refractivity contribution in [2.75, 3.05) is 0 Å². The smallest absolute Gasteiger partial charge is 0.269 e. The van der Waals surface area contributed by atoms with Crippen LogP contribution in [0.25, 0.3) is 0 Å². The molecule has 0 radical (unpaired) electrons. The highest BCUT2D eigenvalue weighted by atomic mass is 16.6. The number of nitro benzene ring substituents is 1. The molecule has 0 aliphatic heterocycles. The zero-order valence-corrected chi connectivity index (χ0v) is 12.5. The summed E-state index contributed by atoms with van der Waals surface area (Å²) in [5.41, 5.74) is 3.53. The van der Waals surface area contributed by atoms with Gasteiger partial charge in [0.2, 0.25) is 5.91 Å². The molecule has 1 aromatic carbocycles. The Morgan fingerprint density at radius 3 is 2.73 bits per heavy atom. The Balaban J connectivity index is 1.56. The molecule has 0 bridgehead atoms. The number of nitrogens with one attached hydrogen (secondary N) is 1. The monoisotopic (exact) mass is 301 g/mol. The van der Waals surface area contributed by atoms with Gasteiger partial charge in [0.25, 0.3) is 5.69 Å². The van der Waals surface area contributed by atoms with Crippen LogP contribution in [-0.2, 0) is 4.79 Å². The maximum Gasteiger partial charge on any atom is 0.269 e. The molecule has 2 saturated carbocycles. The first-order chi connectivity index (χ1) is 10.5. The largest absolute Gasteiger partial charge is 0.273 e. The summed E-state index contributed by atoms with van der Waals surface area (Å²) in [5, 5.41) is 14.5. The predicted molar refractivity (Wildman–Crippen MR) is 82.4 cm³/mol. The SMILES string of the molecule is C[C@@]12CCCC[C@@H]1[C@@H]2C(=O)N/N=C\c1ccc([N+](=O)[O-])cc1. The Bertz CT molecular complexity index is 626. The fourth-order valence-electron chi connectivity index (χ4n) is 3.77. The molecule has 2 aliphatic rings. The Morgan fingerprint density at radius 2 is 2.14 bits per heavy atom. The maximum atomic E-state index is 12.2. The van der Waals surface area contributed by atoms with Gasteiger partial charge in [0, 0.05) is 18.1 Å². The molecule has 116 valence electrons. The molecule has 6 heteroatoms. The van der Waals surface area contributed by atoms with Crippen molar-refractivity contribution in [3.8, 4) is 0 Å². The predicted octanol–water partition coefficient (Wildman–Crippen LogP) is 2.87. The van der Waals surface area contributed by atoms with Crippen LogP contribution in [0.2, 0.25) is 0 Å². The van der Waals surface area contributed by atoms with Crippen molar-refractivity contribution < 1.29 is 9.72 Å². The van der Waals surface area contributed by atoms with Crippen molar-refractivity contribution in [3.63, 3.8) is 0 Å². The highest BCUT2D eigenvalue weighted by Gasteiger charge is 2.64. The van der Waals surface area contributed by atoms with Gasteiger partial charge in [-0.3, -0.25) is 14.9 Å². The molecule has 0 saturated heterocycles. The van der Waals surface area contributed by atoms with Crippen molar-refractivity contribution in [2.24, 2.45) is 22.4 Å². The first-order valence-corrected chi connectivity index (χ1v) is 7.60. The highest BCUT2D eigenvalue weighted by molar-refractivity contribution is 5.86. The number of non-ortho nitro benzene ring substituents is 1. The zero-order chi connectivity index (χ0) is 15.7. The molecule has 1 amide bonds. The minimum absolute atomic E-state index is 0.00689. The molecule has 3 rings (SSSR count). The van der Waals surface area contributed by atoms with Crippen LogP contribution in [0, 0.1) is 27.4 Å². The van der Waals surface area contributed by atoms with E-state index in [1.807, 2.05) is 0 Å². The van der Waals surface area contributed by atoms with Crippen molar-refractivity contribution in [1.29, 1.82) is 0 Å². The second-order valence-corrected chi connectivity index (χ2v) is 6.42. The Labute approximate surface area is 128 Å². The zero-order valence-electron chi connectivity index (χ0n) is 12.5. The lowest BCUT2D eigenvalue weighted by Gasteiger charge is -2.15. The molecule has 6 nitrogen and oxygen atoms in total. The molecule has 0 spiro atoms. The average molecular weight is 301 g/mol. The third kappa shape index (κ3) is 2.61. The van der Waals surface area contributed by atoms with Gasteiger partial charge in [0.15, 0.2) is 0 Å². The van der Waals surface area contributed by atoms with Gasteiger partial charge in [-0.1, -0.05) is 19.8 Å². The molecule has 1 N–H and O–H groups in total. The van der Waals surface area contributed by atoms with E-state index in [-0.39, 0.29) is 22.9 Å². The van der Waals surface area contributed by atoms with Gasteiger partial charge in [-0.25, -0.2) is 5.43 Å². The van der Waals surface area contributed by atoms with E-state index < -0.39 is 4.92 Å². The Kier molecular flexibility index (Phi) is 3.68. The summed E-state index contributed by atoms with van der Waals surface area (Å²) in [6, 6.07) is 6.04. The normalized spacial score (nSPS) is 29.9. The number of carbonyl (C=O) groups is 1. The molecule has 3 atom stereocenters. The summed E-state index contributed by atoms with van der Waals surface area (Å²) in [4.78, 5) is 22.3. The lowest BCUT2D eigenvalue weighted by molar-refractivity contribution is -0.384. The Hall–Kier alpha value is -2.24. The highest BCUT2D eigenvalue weighted by Crippen LogP contribution is 2.66. The number of fused-ring (bicyclic) bond motifs is 1. The van der Waals surface area contributed by atoms with Gasteiger partial charge in [-0.05, 0) is 41.9 Å². The summed E-state index contributed by atoms with van der Waals surface area (Å²) < 4.78 is 0. The summed E-state index contributed by atoms with van der Waals surface area (Å²) in [5.74, 6) is 0.590. The number of hydrogen-bond donors (Lipinski definition) is 1. The first-order valence-electron chi connectivity index (χ1n) is 7.60. The minimum atomic E-state index is -0.446. The van der Waals surface area contributed by atoms with Crippen molar-refractivity contribution in [2.45, 2.75) is 32.6 Å². The molecule has 1 aromatic rings. The summed E-state index contributed by atoms with van der Waals surface area (Å²) in [6.07, 6.45) is 6.21. The van der Waals surface area contributed by atoms with Crippen LogP contribution in [0.15, 0.2) is 29.4 Å². The van der Waals surface area contributed by atoms with E-state index in [0.717, 1.165) is 12.8 Å². The van der Waals surface area contributed by atoms with Crippen molar-refractivity contribution in [3.05, 3.63) is 39.9 Å². The number of carbonyl (C=O) groups excluding carboxylic acids is 1. The lowest BCUT2D eigenvalue weighted by Crippen LogP contribution is -2.22. The van der Waals surface area contributed by atoms with Gasteiger partial charge in [0.1, 0.15) is 0 Å². The second-order valence-electron chi connectivity index (χ2n) is 6.42. The topological polar surface area (TPSA) is 84.6 Å². The van der Waals surface area contributed by atoms with Crippen LogP contribution in [-0.4, -0.2) is 17.0 Å². The van der Waals surface area contributed by atoms with E-state index in [1.165, 1.54) is 31.2 Å². The van der Waals surface area contributed by atoms with Crippen molar-refractivity contribution >= 4 is 17.8 Å². The van der Waals surface area contributed by atoms with E-state index in [4.69, 9.17) is 0 Å². The number of benzene rings is 1. The molecule has 22 heavy (non-hydrogen) atoms. The fourth-order valence-corrected chi connectivity index (χ4v) is 3.77. The van der Waals surface area contributed by atoms with E-state index in [9.17, 15) is 14.9 Å². The second kappa shape index (κ2) is 5.51. The maximum absolute atomic E-state index is 12.2. The molecule has 0 aromatic heterocycles. The number of nitrogens with zero attached hydrogens (tertiary/aromatic N) is 2. The number of rotatable bonds is 4. The van der Waals surface area contributed by atoms with E-state index in [1.54, 1.807) is 12.1 Å². The molecule has 0 unspecified atom stereocenters. The molecule has 2 fully saturated rings. The first kappa shape index (κ1) is 14.7. The molecular weight excluding hydrogens is 282 g/mol. The Morgan fingerprint density at radius 1 is 1.41 bits per heavy atom. The van der Waals surface area contributed by atoms with Gasteiger partial charge >= 0.3 is 0 Å². The number of nitro groups is 1. The van der Waals surface area contributed by atoms with Gasteiger partial charge in [-0.2, -0.15) is 5.10 Å². The van der Waals surface area contributed by atoms with Crippen molar-refractivity contribution in [1.82, 2.24) is 5.43 Å². The molecular formula is C16H19N3O3. The number of amides is 1. The molecule has 0 heterocycles. The van der Waals surface area contributed by atoms with E-state index in [2.05, 4.69) is 17.5 Å². The van der Waals surface area contributed by atoms with Crippen LogP contribution < -0.4 is 5.43 Å². The number of hydrogen-bond acceptors (Lipinski definition) is 4. The van der Waals surface area contributed by atoms with Crippen LogP contribution in [0.4, 0.5) is 5.69 Å². The van der Waals surface area contributed by atoms with E-state index >= 15 is 0 Å². The lowest BCUT2D eigenvalue weighted by atomic mass is 9.90. The fraction of sp³-hybridized carbons (Fsp3) is 0.500. The minimum Gasteiger partial charge on any atom is -0.273 e.